The van der Waals surface area contributed by atoms with Crippen LogP contribution in [0, 0.1) is 12.8 Å². The van der Waals surface area contributed by atoms with Crippen LogP contribution in [0.25, 0.3) is 21.3 Å². The van der Waals surface area contributed by atoms with Gasteiger partial charge in [0.15, 0.2) is 5.69 Å². The third kappa shape index (κ3) is 3.49. The number of benzene rings is 2. The molecule has 0 spiro atoms. The lowest BCUT2D eigenvalue weighted by Gasteiger charge is -2.27. The van der Waals surface area contributed by atoms with E-state index in [-0.39, 0.29) is 23.7 Å². The zero-order valence-electron chi connectivity index (χ0n) is 18.4. The standard InChI is InChI=1S/C25H22ClN5O2S/c1-13-28-22(23(34-13)14-5-4-6-16(26)9-14)25(33)31-17(10-15-11-20(15)31)12-30-19-8-3-2-7-18(19)21(29-30)24(27)32/h2-9,15,17,20H,10-12H2,1H3,(H2,27,32)/t15-,17+,20+/m1/s1. The molecule has 34 heavy (non-hydrogen) atoms. The molecule has 1 aliphatic heterocycles. The monoisotopic (exact) mass is 491 g/mol. The molecule has 3 atom stereocenters. The summed E-state index contributed by atoms with van der Waals surface area (Å²) in [7, 11) is 0. The molecular formula is C25H22ClN5O2S. The van der Waals surface area contributed by atoms with Gasteiger partial charge in [-0.2, -0.15) is 5.10 Å². The summed E-state index contributed by atoms with van der Waals surface area (Å²) in [5.41, 5.74) is 8.05. The summed E-state index contributed by atoms with van der Waals surface area (Å²) in [5, 5.41) is 6.71. The van der Waals surface area contributed by atoms with Crippen molar-refractivity contribution >= 4 is 45.7 Å². The molecule has 0 radical (unpaired) electrons. The zero-order valence-corrected chi connectivity index (χ0v) is 20.0. The third-order valence-corrected chi connectivity index (χ3v) is 8.00. The predicted octanol–water partition coefficient (Wildman–Crippen LogP) is 4.52. The van der Waals surface area contributed by atoms with Gasteiger partial charge >= 0.3 is 0 Å². The van der Waals surface area contributed by atoms with E-state index in [1.807, 2.05) is 65.0 Å². The predicted molar refractivity (Wildman–Crippen MR) is 132 cm³/mol. The number of nitrogens with two attached hydrogens (primary N) is 1. The first kappa shape index (κ1) is 21.3. The minimum atomic E-state index is -0.554. The summed E-state index contributed by atoms with van der Waals surface area (Å²) >= 11 is 7.73. The number of halogens is 1. The highest BCUT2D eigenvalue weighted by atomic mass is 35.5. The van der Waals surface area contributed by atoms with Crippen LogP contribution >= 0.6 is 22.9 Å². The Morgan fingerprint density at radius 2 is 1.97 bits per heavy atom. The minimum absolute atomic E-state index is 0.0329. The fourth-order valence-electron chi connectivity index (χ4n) is 5.21. The van der Waals surface area contributed by atoms with Gasteiger partial charge in [0, 0.05) is 16.5 Å². The second-order valence-electron chi connectivity index (χ2n) is 9.00. The number of hydrogen-bond donors (Lipinski definition) is 1. The van der Waals surface area contributed by atoms with Gasteiger partial charge in [-0.25, -0.2) is 4.98 Å². The molecule has 2 N–H and O–H groups in total. The van der Waals surface area contributed by atoms with Crippen LogP contribution < -0.4 is 5.73 Å². The topological polar surface area (TPSA) is 94.1 Å². The van der Waals surface area contributed by atoms with Crippen molar-refractivity contribution in [2.45, 2.75) is 38.4 Å². The first-order valence-electron chi connectivity index (χ1n) is 11.2. The van der Waals surface area contributed by atoms with Crippen molar-refractivity contribution in [1.82, 2.24) is 19.7 Å². The van der Waals surface area contributed by atoms with Gasteiger partial charge in [-0.1, -0.05) is 41.9 Å². The summed E-state index contributed by atoms with van der Waals surface area (Å²) in [6.45, 7) is 2.42. The van der Waals surface area contributed by atoms with E-state index in [4.69, 9.17) is 17.3 Å². The second-order valence-corrected chi connectivity index (χ2v) is 10.6. The van der Waals surface area contributed by atoms with Gasteiger partial charge < -0.3 is 10.6 Å². The number of fused-ring (bicyclic) bond motifs is 2. The fraction of sp³-hybridized carbons (Fsp3) is 0.280. The van der Waals surface area contributed by atoms with E-state index in [9.17, 15) is 9.59 Å². The normalized spacial score (nSPS) is 21.1. The number of para-hydroxylation sites is 1. The molecule has 2 amide bonds. The third-order valence-electron chi connectivity index (χ3n) is 6.74. The average molecular weight is 492 g/mol. The number of aromatic nitrogens is 3. The Hall–Kier alpha value is -3.23. The number of rotatable bonds is 5. The molecule has 2 aromatic carbocycles. The average Bonchev–Trinajstić information content (AvgIpc) is 3.15. The van der Waals surface area contributed by atoms with Crippen LogP contribution in [0.3, 0.4) is 0 Å². The molecule has 2 fully saturated rings. The number of aryl methyl sites for hydroxylation is 1. The number of primary amides is 1. The summed E-state index contributed by atoms with van der Waals surface area (Å²) in [6, 6.07) is 15.3. The summed E-state index contributed by atoms with van der Waals surface area (Å²) in [5.74, 6) is -0.108. The molecule has 1 aliphatic carbocycles. The lowest BCUT2D eigenvalue weighted by Crippen LogP contribution is -2.41. The van der Waals surface area contributed by atoms with Crippen molar-refractivity contribution in [3.05, 3.63) is 69.9 Å². The SMILES string of the molecule is Cc1nc(C(=O)N2[C@H](Cn3nc(C(N)=O)c4ccccc43)C[C@@H]3C[C@@H]32)c(-c2cccc(Cl)c2)s1. The molecule has 1 saturated heterocycles. The van der Waals surface area contributed by atoms with Gasteiger partial charge in [-0.05, 0) is 49.4 Å². The quantitative estimate of drug-likeness (QED) is 0.444. The molecule has 1 saturated carbocycles. The maximum absolute atomic E-state index is 13.9. The Bertz CT molecular complexity index is 1460. The van der Waals surface area contributed by atoms with E-state index in [1.54, 1.807) is 0 Å². The van der Waals surface area contributed by atoms with Gasteiger partial charge in [-0.3, -0.25) is 14.3 Å². The van der Waals surface area contributed by atoms with E-state index in [0.717, 1.165) is 39.2 Å². The Morgan fingerprint density at radius 3 is 2.76 bits per heavy atom. The highest BCUT2D eigenvalue weighted by Crippen LogP contribution is 2.49. The van der Waals surface area contributed by atoms with Crippen LogP contribution in [-0.4, -0.2) is 43.6 Å². The number of carbonyl (C=O) groups excluding carboxylic acids is 2. The van der Waals surface area contributed by atoms with E-state index in [0.29, 0.717) is 23.2 Å². The van der Waals surface area contributed by atoms with Crippen molar-refractivity contribution in [3.8, 4) is 10.4 Å². The molecule has 4 aromatic rings. The smallest absolute Gasteiger partial charge is 0.274 e. The number of piperidine rings is 1. The molecule has 2 aromatic heterocycles. The zero-order chi connectivity index (χ0) is 23.6. The highest BCUT2D eigenvalue weighted by molar-refractivity contribution is 7.15. The lowest BCUT2D eigenvalue weighted by atomic mass is 10.1. The largest absolute Gasteiger partial charge is 0.364 e. The molecule has 9 heteroatoms. The van der Waals surface area contributed by atoms with Crippen molar-refractivity contribution in [2.24, 2.45) is 11.7 Å². The Labute approximate surface area is 205 Å². The Balaban J connectivity index is 1.35. The number of nitrogens with zero attached hydrogens (tertiary/aromatic N) is 4. The van der Waals surface area contributed by atoms with Crippen LogP contribution in [0.1, 0.15) is 38.8 Å². The molecule has 172 valence electrons. The fourth-order valence-corrected chi connectivity index (χ4v) is 6.30. The van der Waals surface area contributed by atoms with Crippen molar-refractivity contribution in [2.75, 3.05) is 0 Å². The second kappa shape index (κ2) is 7.92. The maximum Gasteiger partial charge on any atom is 0.274 e. The van der Waals surface area contributed by atoms with Crippen LogP contribution in [0.15, 0.2) is 48.5 Å². The van der Waals surface area contributed by atoms with Gasteiger partial charge in [0.05, 0.1) is 28.0 Å². The number of amides is 2. The van der Waals surface area contributed by atoms with Crippen molar-refractivity contribution in [3.63, 3.8) is 0 Å². The first-order chi connectivity index (χ1) is 16.4. The van der Waals surface area contributed by atoms with E-state index < -0.39 is 5.91 Å². The lowest BCUT2D eigenvalue weighted by molar-refractivity contribution is 0.0677. The van der Waals surface area contributed by atoms with Gasteiger partial charge in [0.2, 0.25) is 0 Å². The van der Waals surface area contributed by atoms with Crippen molar-refractivity contribution < 1.29 is 9.59 Å². The number of likely N-dealkylation sites (tertiary alicyclic amines) is 1. The summed E-state index contributed by atoms with van der Waals surface area (Å²) in [4.78, 5) is 33.3. The van der Waals surface area contributed by atoms with Crippen LogP contribution in [0.5, 0.6) is 0 Å². The maximum atomic E-state index is 13.9. The molecule has 2 aliphatic rings. The number of hydrogen-bond acceptors (Lipinski definition) is 5. The first-order valence-corrected chi connectivity index (χ1v) is 12.4. The molecule has 0 unspecified atom stereocenters. The summed E-state index contributed by atoms with van der Waals surface area (Å²) in [6.07, 6.45) is 1.93. The summed E-state index contributed by atoms with van der Waals surface area (Å²) < 4.78 is 1.81. The molecule has 7 nitrogen and oxygen atoms in total. The van der Waals surface area contributed by atoms with Gasteiger partial charge in [0.25, 0.3) is 11.8 Å². The van der Waals surface area contributed by atoms with Crippen LogP contribution in [-0.2, 0) is 6.54 Å². The van der Waals surface area contributed by atoms with Gasteiger partial charge in [0.1, 0.15) is 5.69 Å². The van der Waals surface area contributed by atoms with Crippen LogP contribution in [0.2, 0.25) is 5.02 Å². The number of thiazole rings is 1. The minimum Gasteiger partial charge on any atom is -0.364 e. The van der Waals surface area contributed by atoms with E-state index >= 15 is 0 Å². The molecule has 3 heterocycles. The molecule has 6 rings (SSSR count). The number of carbonyl (C=O) groups is 2. The highest BCUT2D eigenvalue weighted by Gasteiger charge is 2.54. The molecular weight excluding hydrogens is 470 g/mol. The van der Waals surface area contributed by atoms with E-state index in [2.05, 4.69) is 10.1 Å². The Kier molecular flexibility index (Phi) is 4.97. The van der Waals surface area contributed by atoms with E-state index in [1.165, 1.54) is 11.3 Å². The molecule has 0 bridgehead atoms. The van der Waals surface area contributed by atoms with Crippen LogP contribution in [0.4, 0.5) is 0 Å². The van der Waals surface area contributed by atoms with Gasteiger partial charge in [-0.15, -0.1) is 11.3 Å². The van der Waals surface area contributed by atoms with Crippen molar-refractivity contribution in [1.29, 1.82) is 0 Å². The Morgan fingerprint density at radius 1 is 1.15 bits per heavy atom.